The van der Waals surface area contributed by atoms with Crippen LogP contribution in [0.5, 0.6) is 11.5 Å². The molecule has 1 aromatic carbocycles. The van der Waals surface area contributed by atoms with E-state index >= 15 is 0 Å². The molecule has 0 fully saturated rings. The van der Waals surface area contributed by atoms with Gasteiger partial charge >= 0.3 is 0 Å². The first kappa shape index (κ1) is 10.3. The summed E-state index contributed by atoms with van der Waals surface area (Å²) in [6.45, 7) is 8.57. The first-order valence-corrected chi connectivity index (χ1v) is 5.51. The van der Waals surface area contributed by atoms with Crippen LogP contribution in [0.15, 0.2) is 18.2 Å². The molecule has 1 atom stereocenters. The highest BCUT2D eigenvalue weighted by Crippen LogP contribution is 2.43. The first-order chi connectivity index (χ1) is 7.04. The molecule has 1 aliphatic heterocycles. The normalized spacial score (nSPS) is 19.3. The van der Waals surface area contributed by atoms with Gasteiger partial charge in [-0.2, -0.15) is 0 Å². The van der Waals surface area contributed by atoms with Gasteiger partial charge < -0.3 is 9.47 Å². The second-order valence-corrected chi connectivity index (χ2v) is 4.67. The van der Waals surface area contributed by atoms with E-state index in [0.29, 0.717) is 0 Å². The van der Waals surface area contributed by atoms with Crippen molar-refractivity contribution in [1.29, 1.82) is 0 Å². The van der Waals surface area contributed by atoms with Crippen molar-refractivity contribution in [3.63, 3.8) is 0 Å². The van der Waals surface area contributed by atoms with Crippen molar-refractivity contribution in [3.05, 3.63) is 23.8 Å². The van der Waals surface area contributed by atoms with Gasteiger partial charge in [0.1, 0.15) is 0 Å². The van der Waals surface area contributed by atoms with E-state index in [1.807, 2.05) is 19.1 Å². The number of rotatable bonds is 2. The molecule has 0 aromatic heterocycles. The number of ether oxygens (including phenoxy) is 2. The Morgan fingerprint density at radius 3 is 2.67 bits per heavy atom. The Hall–Kier alpha value is -1.18. The minimum absolute atomic E-state index is 0.138. The van der Waals surface area contributed by atoms with E-state index in [2.05, 4.69) is 26.8 Å². The molecular formula is C13H18O2. The lowest BCUT2D eigenvalue weighted by Crippen LogP contribution is -2.17. The maximum absolute atomic E-state index is 5.70. The quantitative estimate of drug-likeness (QED) is 0.737. The number of para-hydroxylation sites is 1. The van der Waals surface area contributed by atoms with E-state index in [0.717, 1.165) is 17.9 Å². The maximum atomic E-state index is 5.70. The number of hydrogen-bond acceptors (Lipinski definition) is 2. The molecule has 0 amide bonds. The van der Waals surface area contributed by atoms with Gasteiger partial charge in [0, 0.05) is 12.5 Å². The van der Waals surface area contributed by atoms with Gasteiger partial charge in [-0.05, 0) is 17.9 Å². The molecule has 15 heavy (non-hydrogen) atoms. The van der Waals surface area contributed by atoms with Gasteiger partial charge in [0.2, 0.25) is 6.29 Å². The minimum atomic E-state index is -0.159. The summed E-state index contributed by atoms with van der Waals surface area (Å²) in [5, 5.41) is 0. The monoisotopic (exact) mass is 206 g/mol. The van der Waals surface area contributed by atoms with E-state index in [9.17, 15) is 0 Å². The van der Waals surface area contributed by atoms with Crippen LogP contribution < -0.4 is 9.47 Å². The standard InChI is InChI=1S/C13H18O2/c1-5-13(3,4)10-7-6-8-11-12(10)15-9(2)14-11/h6-9H,5H2,1-4H3. The minimum Gasteiger partial charge on any atom is -0.451 e. The van der Waals surface area contributed by atoms with Crippen molar-refractivity contribution >= 4 is 0 Å². The molecule has 0 N–H and O–H groups in total. The van der Waals surface area contributed by atoms with Crippen LogP contribution in [0.2, 0.25) is 0 Å². The van der Waals surface area contributed by atoms with Crippen molar-refractivity contribution < 1.29 is 9.47 Å². The van der Waals surface area contributed by atoms with Gasteiger partial charge in [-0.25, -0.2) is 0 Å². The third-order valence-electron chi connectivity index (χ3n) is 3.17. The zero-order valence-electron chi connectivity index (χ0n) is 9.83. The fourth-order valence-corrected chi connectivity index (χ4v) is 1.82. The highest BCUT2D eigenvalue weighted by atomic mass is 16.7. The lowest BCUT2D eigenvalue weighted by atomic mass is 9.81. The average molecular weight is 206 g/mol. The van der Waals surface area contributed by atoms with Gasteiger partial charge in [-0.15, -0.1) is 0 Å². The molecule has 0 spiro atoms. The lowest BCUT2D eigenvalue weighted by Gasteiger charge is -2.24. The fraction of sp³-hybridized carbons (Fsp3) is 0.538. The van der Waals surface area contributed by atoms with Crippen LogP contribution in [0.1, 0.15) is 39.7 Å². The second kappa shape index (κ2) is 3.44. The number of fused-ring (bicyclic) bond motifs is 1. The maximum Gasteiger partial charge on any atom is 0.238 e. The topological polar surface area (TPSA) is 18.5 Å². The molecule has 1 aliphatic rings. The van der Waals surface area contributed by atoms with Gasteiger partial charge in [0.25, 0.3) is 0 Å². The van der Waals surface area contributed by atoms with Crippen LogP contribution in [0, 0.1) is 0 Å². The fourth-order valence-electron chi connectivity index (χ4n) is 1.82. The van der Waals surface area contributed by atoms with E-state index in [1.165, 1.54) is 5.56 Å². The van der Waals surface area contributed by atoms with Crippen LogP contribution in [0.4, 0.5) is 0 Å². The molecule has 2 heteroatoms. The van der Waals surface area contributed by atoms with Gasteiger partial charge in [-0.1, -0.05) is 32.9 Å². The second-order valence-electron chi connectivity index (χ2n) is 4.67. The predicted molar refractivity (Wildman–Crippen MR) is 60.5 cm³/mol. The van der Waals surface area contributed by atoms with Crippen molar-refractivity contribution in [2.45, 2.75) is 45.8 Å². The molecule has 2 rings (SSSR count). The van der Waals surface area contributed by atoms with Crippen LogP contribution in [0.25, 0.3) is 0 Å². The Morgan fingerprint density at radius 2 is 2.00 bits per heavy atom. The number of hydrogen-bond donors (Lipinski definition) is 0. The smallest absolute Gasteiger partial charge is 0.238 e. The van der Waals surface area contributed by atoms with E-state index in [4.69, 9.17) is 9.47 Å². The SMILES string of the molecule is CCC(C)(C)c1cccc2c1OC(C)O2. The Kier molecular flexibility index (Phi) is 2.37. The summed E-state index contributed by atoms with van der Waals surface area (Å²) < 4.78 is 11.3. The largest absolute Gasteiger partial charge is 0.451 e. The van der Waals surface area contributed by atoms with Crippen LogP contribution >= 0.6 is 0 Å². The van der Waals surface area contributed by atoms with Crippen molar-refractivity contribution in [1.82, 2.24) is 0 Å². The van der Waals surface area contributed by atoms with Crippen LogP contribution in [-0.4, -0.2) is 6.29 Å². The average Bonchev–Trinajstić information content (AvgIpc) is 2.57. The Balaban J connectivity index is 2.47. The molecule has 1 heterocycles. The van der Waals surface area contributed by atoms with Crippen LogP contribution in [-0.2, 0) is 5.41 Å². The third kappa shape index (κ3) is 1.69. The molecular weight excluding hydrogens is 188 g/mol. The molecule has 0 radical (unpaired) electrons. The van der Waals surface area contributed by atoms with Gasteiger partial charge in [0.05, 0.1) is 0 Å². The molecule has 82 valence electrons. The summed E-state index contributed by atoms with van der Waals surface area (Å²) in [5.41, 5.74) is 1.38. The zero-order valence-corrected chi connectivity index (χ0v) is 9.83. The van der Waals surface area contributed by atoms with Gasteiger partial charge in [0.15, 0.2) is 11.5 Å². The number of benzene rings is 1. The van der Waals surface area contributed by atoms with Gasteiger partial charge in [-0.3, -0.25) is 0 Å². The van der Waals surface area contributed by atoms with Crippen molar-refractivity contribution in [3.8, 4) is 11.5 Å². The molecule has 2 nitrogen and oxygen atoms in total. The Morgan fingerprint density at radius 1 is 1.27 bits per heavy atom. The van der Waals surface area contributed by atoms with Crippen molar-refractivity contribution in [2.24, 2.45) is 0 Å². The zero-order chi connectivity index (χ0) is 11.1. The van der Waals surface area contributed by atoms with Crippen molar-refractivity contribution in [2.75, 3.05) is 0 Å². The Bertz CT molecular complexity index is 369. The molecule has 0 aliphatic carbocycles. The molecule has 0 bridgehead atoms. The predicted octanol–water partition coefficient (Wildman–Crippen LogP) is 3.49. The molecule has 0 saturated carbocycles. The van der Waals surface area contributed by atoms with E-state index in [1.54, 1.807) is 0 Å². The highest BCUT2D eigenvalue weighted by Gasteiger charge is 2.29. The highest BCUT2D eigenvalue weighted by molar-refractivity contribution is 5.51. The summed E-state index contributed by atoms with van der Waals surface area (Å²) in [7, 11) is 0. The molecule has 0 saturated heterocycles. The molecule has 1 unspecified atom stereocenters. The molecule has 1 aromatic rings. The summed E-state index contributed by atoms with van der Waals surface area (Å²) in [6, 6.07) is 6.13. The first-order valence-electron chi connectivity index (χ1n) is 5.51. The van der Waals surface area contributed by atoms with Crippen LogP contribution in [0.3, 0.4) is 0 Å². The Labute approximate surface area is 91.2 Å². The lowest BCUT2D eigenvalue weighted by molar-refractivity contribution is 0.0668. The van der Waals surface area contributed by atoms with E-state index in [-0.39, 0.29) is 11.7 Å². The summed E-state index contributed by atoms with van der Waals surface area (Å²) in [5.74, 6) is 1.80. The van der Waals surface area contributed by atoms with E-state index < -0.39 is 0 Å². The third-order valence-corrected chi connectivity index (χ3v) is 3.17. The summed E-state index contributed by atoms with van der Waals surface area (Å²) >= 11 is 0. The summed E-state index contributed by atoms with van der Waals surface area (Å²) in [4.78, 5) is 0. The summed E-state index contributed by atoms with van der Waals surface area (Å²) in [6.07, 6.45) is 0.926.